The minimum Gasteiger partial charge on any atom is -0.410 e. The summed E-state index contributed by atoms with van der Waals surface area (Å²) >= 11 is 0. The second-order valence-corrected chi connectivity index (χ2v) is 18.0. The first-order valence-corrected chi connectivity index (χ1v) is 22.9. The number of hydrogen-bond donors (Lipinski definition) is 2. The Balaban J connectivity index is 0.000000140. The number of urea groups is 1. The maximum absolute atomic E-state index is 13.2. The smallest absolute Gasteiger partial charge is 0.410 e. The number of nitrogens with two attached hydrogens (primary N) is 1. The Morgan fingerprint density at radius 2 is 1.20 bits per heavy atom. The molecule has 5 aromatic rings. The number of hydrogen-bond acceptors (Lipinski definition) is 12. The van der Waals surface area contributed by atoms with E-state index < -0.39 is 6.09 Å². The van der Waals surface area contributed by atoms with Crippen LogP contribution in [0.5, 0.6) is 5.75 Å². The molecule has 11 rings (SSSR count). The minimum atomic E-state index is -0.436. The Morgan fingerprint density at radius 1 is 0.662 bits per heavy atom. The number of amides is 3. The first-order valence-electron chi connectivity index (χ1n) is 22.9. The van der Waals surface area contributed by atoms with Gasteiger partial charge in [-0.2, -0.15) is 0 Å². The number of nitrogens with zero attached hydrogens (tertiary/aromatic N) is 8. The summed E-state index contributed by atoms with van der Waals surface area (Å²) in [5, 5.41) is 2.91. The van der Waals surface area contributed by atoms with E-state index in [0.29, 0.717) is 65.1 Å². The summed E-state index contributed by atoms with van der Waals surface area (Å²) in [5.41, 5.74) is 10.3. The predicted molar refractivity (Wildman–Crippen MR) is 251 cm³/mol. The van der Waals surface area contributed by atoms with E-state index in [1.54, 1.807) is 40.4 Å². The van der Waals surface area contributed by atoms with Crippen molar-refractivity contribution >= 4 is 58.3 Å². The molecule has 2 saturated heterocycles. The fraction of sp³-hybridized carbons (Fsp3) is 0.400. The number of aromatic nitrogens is 4. The Labute approximate surface area is 379 Å². The van der Waals surface area contributed by atoms with Gasteiger partial charge in [-0.05, 0) is 123 Å². The molecule has 2 atom stereocenters. The number of benzene rings is 1. The molecular weight excluding hydrogens is 821 g/mol. The van der Waals surface area contributed by atoms with E-state index >= 15 is 0 Å². The first-order chi connectivity index (χ1) is 31.6. The quantitative estimate of drug-likeness (QED) is 0.128. The van der Waals surface area contributed by atoms with Crippen molar-refractivity contribution in [2.24, 2.45) is 11.8 Å². The maximum atomic E-state index is 13.2. The van der Waals surface area contributed by atoms with E-state index in [1.807, 2.05) is 74.5 Å². The number of ketones is 2. The van der Waals surface area contributed by atoms with Crippen molar-refractivity contribution in [3.05, 3.63) is 114 Å². The van der Waals surface area contributed by atoms with Crippen LogP contribution < -0.4 is 35.4 Å². The molecule has 2 saturated carbocycles. The van der Waals surface area contributed by atoms with Gasteiger partial charge in [0.2, 0.25) is 0 Å². The molecule has 65 heavy (non-hydrogen) atoms. The number of nitrogen functional groups attached to an aromatic ring is 1. The van der Waals surface area contributed by atoms with Crippen LogP contribution in [0, 0.1) is 25.7 Å². The van der Waals surface area contributed by atoms with Crippen molar-refractivity contribution in [3.8, 4) is 5.75 Å². The average Bonchev–Trinajstić information content (AvgIpc) is 4.24. The summed E-state index contributed by atoms with van der Waals surface area (Å²) in [5.74, 6) is 4.29. The van der Waals surface area contributed by atoms with Crippen LogP contribution >= 0.6 is 0 Å². The Morgan fingerprint density at radius 3 is 1.72 bits per heavy atom. The van der Waals surface area contributed by atoms with Crippen molar-refractivity contribution in [1.29, 1.82) is 0 Å². The summed E-state index contributed by atoms with van der Waals surface area (Å²) < 4.78 is 5.59. The Hall–Kier alpha value is -6.90. The third-order valence-corrected chi connectivity index (χ3v) is 12.9. The van der Waals surface area contributed by atoms with Crippen LogP contribution in [0.25, 0.3) is 0 Å². The van der Waals surface area contributed by atoms with Gasteiger partial charge in [-0.1, -0.05) is 43.9 Å². The van der Waals surface area contributed by atoms with Crippen LogP contribution in [0.4, 0.5) is 44.2 Å². The van der Waals surface area contributed by atoms with Crippen molar-refractivity contribution in [3.63, 3.8) is 0 Å². The second kappa shape index (κ2) is 19.1. The predicted octanol–water partition coefficient (Wildman–Crippen LogP) is 8.81. The van der Waals surface area contributed by atoms with Crippen molar-refractivity contribution in [2.45, 2.75) is 90.1 Å². The van der Waals surface area contributed by atoms with Crippen molar-refractivity contribution < 1.29 is 23.9 Å². The van der Waals surface area contributed by atoms with Gasteiger partial charge in [0, 0.05) is 51.4 Å². The van der Waals surface area contributed by atoms with Crippen molar-refractivity contribution in [2.75, 3.05) is 56.8 Å². The molecule has 1 aromatic carbocycles. The number of para-hydroxylation sites is 1. The lowest BCUT2D eigenvalue weighted by Gasteiger charge is -2.35. The number of carbonyl (C=O) groups excluding carboxylic acids is 4. The number of aryl methyl sites for hydroxylation is 2. The summed E-state index contributed by atoms with van der Waals surface area (Å²) in [6, 6.07) is 23.9. The Bertz CT molecular complexity index is 2550. The number of nitrogens with one attached hydrogen (secondary N) is 1. The van der Waals surface area contributed by atoms with E-state index in [0.717, 1.165) is 74.4 Å². The van der Waals surface area contributed by atoms with Gasteiger partial charge in [0.1, 0.15) is 28.8 Å². The largest absolute Gasteiger partial charge is 0.421 e. The third kappa shape index (κ3) is 10.4. The van der Waals surface area contributed by atoms with E-state index in [4.69, 9.17) is 10.5 Å². The van der Waals surface area contributed by atoms with Crippen LogP contribution in [0.2, 0.25) is 0 Å². The molecule has 0 unspecified atom stereocenters. The summed E-state index contributed by atoms with van der Waals surface area (Å²) in [7, 11) is 0. The number of Topliss-reactive ketones (excluding diaryl/α,β-unsaturated/α-hetero) is 2. The highest BCUT2D eigenvalue weighted by molar-refractivity contribution is 6.05. The number of pyridine rings is 4. The standard InChI is InChI=1S/C22H25N5O2.C22H23N3O3.C6H8N2/c1-14-8-10-23-20(12-14)25-22(29)27-16-9-11-26(13-16)18-6-5-17(24-21(18)27)19(28)7-4-15-2-3-15;26-20(11-8-15-6-7-15)18-9-10-19-21(23-18)25(16-12-13-24(19)14-16)22(27)28-17-4-2-1-3-5-17;1-5-2-3-8-6(7)4-5/h5-6,8,10,12,15-16H,2-4,7,9,11,13H2,1H3,(H,23,25,29);1-5,9-10,15-16H,6-8,11-14H2;2-4H,1H3,(H2,7,8)/t2*16-;/m00./s1. The number of fused-ring (bicyclic) bond motifs is 8. The molecule has 0 spiro atoms. The molecule has 2 aliphatic carbocycles. The second-order valence-electron chi connectivity index (χ2n) is 18.0. The van der Waals surface area contributed by atoms with Gasteiger partial charge in [-0.15, -0.1) is 0 Å². The lowest BCUT2D eigenvalue weighted by molar-refractivity contribution is 0.0965. The molecule has 3 N–H and O–H groups in total. The van der Waals surface area contributed by atoms with Crippen molar-refractivity contribution in [1.82, 2.24) is 19.9 Å². The molecule has 336 valence electrons. The first kappa shape index (κ1) is 43.4. The molecule has 4 fully saturated rings. The highest BCUT2D eigenvalue weighted by Gasteiger charge is 2.42. The zero-order valence-corrected chi connectivity index (χ0v) is 37.1. The lowest BCUT2D eigenvalue weighted by Crippen LogP contribution is -2.48. The van der Waals surface area contributed by atoms with E-state index in [-0.39, 0.29) is 29.7 Å². The van der Waals surface area contributed by atoms with E-state index in [2.05, 4.69) is 35.1 Å². The van der Waals surface area contributed by atoms with Gasteiger partial charge in [-0.25, -0.2) is 29.5 Å². The maximum Gasteiger partial charge on any atom is 0.421 e. The zero-order chi connectivity index (χ0) is 45.0. The number of carbonyl (C=O) groups is 4. The topological polar surface area (TPSA) is 180 Å². The normalized spacial score (nSPS) is 18.6. The van der Waals surface area contributed by atoms with Crippen LogP contribution in [0.1, 0.15) is 96.3 Å². The van der Waals surface area contributed by atoms with Gasteiger partial charge in [0.25, 0.3) is 0 Å². The molecule has 0 radical (unpaired) electrons. The molecule has 4 aromatic heterocycles. The zero-order valence-electron chi connectivity index (χ0n) is 37.1. The molecule has 15 heteroatoms. The molecule has 15 nitrogen and oxygen atoms in total. The van der Waals surface area contributed by atoms with Gasteiger partial charge in [0.15, 0.2) is 23.2 Å². The Kier molecular flexibility index (Phi) is 12.7. The monoisotopic (exact) mass is 876 g/mol. The SMILES string of the molecule is Cc1ccnc(N)c1.Cc1ccnc(NC(=O)N2c3nc(C(=O)CCC4CC4)ccc3N3CC[C@H]2C3)c1.O=C(CCC1CC1)c1ccc2c(n1)N(C(=O)Oc1ccccc1)[C@H]1CCN2C1. The molecule has 4 aliphatic heterocycles. The molecule has 3 amide bonds. The van der Waals surface area contributed by atoms with Crippen LogP contribution in [0.3, 0.4) is 0 Å². The molecule has 8 heterocycles. The molecule has 6 aliphatic rings. The van der Waals surface area contributed by atoms with Crippen LogP contribution in [-0.2, 0) is 0 Å². The van der Waals surface area contributed by atoms with E-state index in [9.17, 15) is 19.2 Å². The van der Waals surface area contributed by atoms with E-state index in [1.165, 1.54) is 25.7 Å². The fourth-order valence-corrected chi connectivity index (χ4v) is 8.94. The summed E-state index contributed by atoms with van der Waals surface area (Å²) in [6.07, 6.45) is 12.6. The minimum absolute atomic E-state index is 0.0213. The summed E-state index contributed by atoms with van der Waals surface area (Å²) in [6.45, 7) is 7.28. The fourth-order valence-electron chi connectivity index (χ4n) is 8.94. The highest BCUT2D eigenvalue weighted by Crippen LogP contribution is 2.41. The van der Waals surface area contributed by atoms with Gasteiger partial charge in [0.05, 0.1) is 23.5 Å². The van der Waals surface area contributed by atoms with Crippen LogP contribution in [0.15, 0.2) is 91.3 Å². The average molecular weight is 877 g/mol. The number of rotatable bonds is 10. The molecule has 4 bridgehead atoms. The number of anilines is 6. The number of ether oxygens (including phenoxy) is 1. The van der Waals surface area contributed by atoms with Crippen LogP contribution in [-0.4, -0.2) is 81.9 Å². The molecular formula is C50H56N10O5. The highest BCUT2D eigenvalue weighted by atomic mass is 16.6. The van der Waals surface area contributed by atoms with Gasteiger partial charge in [-0.3, -0.25) is 24.7 Å². The third-order valence-electron chi connectivity index (χ3n) is 12.9. The van der Waals surface area contributed by atoms with Gasteiger partial charge < -0.3 is 20.3 Å². The summed E-state index contributed by atoms with van der Waals surface area (Å²) in [4.78, 5) is 76.6. The lowest BCUT2D eigenvalue weighted by atomic mass is 10.1. The van der Waals surface area contributed by atoms with Gasteiger partial charge >= 0.3 is 12.1 Å².